The number of aliphatic hydroxyl groups excluding tert-OH is 1. The van der Waals surface area contributed by atoms with Gasteiger partial charge in [-0.05, 0) is 19.3 Å². The third-order valence-corrected chi connectivity index (χ3v) is 3.12. The van der Waals surface area contributed by atoms with Gasteiger partial charge in [0.05, 0.1) is 12.7 Å². The van der Waals surface area contributed by atoms with Gasteiger partial charge in [0.25, 0.3) is 5.91 Å². The highest BCUT2D eigenvalue weighted by molar-refractivity contribution is 5.80. The lowest BCUT2D eigenvalue weighted by Gasteiger charge is -2.25. The molecule has 0 saturated heterocycles. The van der Waals surface area contributed by atoms with Gasteiger partial charge in [-0.1, -0.05) is 19.8 Å². The number of hydrogen-bond donors (Lipinski definition) is 1. The molecule has 1 unspecified atom stereocenters. The minimum Gasteiger partial charge on any atom is -0.395 e. The van der Waals surface area contributed by atoms with Crippen LogP contribution in [0.15, 0.2) is 0 Å². The minimum absolute atomic E-state index is 0.00209. The number of likely N-dealkylation sites (N-methyl/N-ethyl adjacent to an activating group) is 1. The fraction of sp³-hybridized carbons (Fsp3) is 0.917. The Kier molecular flexibility index (Phi) is 5.77. The fourth-order valence-electron chi connectivity index (χ4n) is 2.09. The van der Waals surface area contributed by atoms with E-state index in [-0.39, 0.29) is 24.7 Å². The molecule has 0 heterocycles. The van der Waals surface area contributed by atoms with Crippen molar-refractivity contribution in [2.45, 2.75) is 51.2 Å². The second-order valence-electron chi connectivity index (χ2n) is 4.42. The molecule has 4 nitrogen and oxygen atoms in total. The molecule has 94 valence electrons. The molecule has 1 aliphatic carbocycles. The van der Waals surface area contributed by atoms with Crippen molar-refractivity contribution in [3.63, 3.8) is 0 Å². The summed E-state index contributed by atoms with van der Waals surface area (Å²) in [5.41, 5.74) is 0. The highest BCUT2D eigenvalue weighted by atomic mass is 16.5. The Bertz CT molecular complexity index is 214. The first-order valence-corrected chi connectivity index (χ1v) is 6.20. The Labute approximate surface area is 97.6 Å². The first-order valence-electron chi connectivity index (χ1n) is 6.20. The summed E-state index contributed by atoms with van der Waals surface area (Å²) in [6, 6.07) is 0. The van der Waals surface area contributed by atoms with Crippen LogP contribution in [0.25, 0.3) is 0 Å². The van der Waals surface area contributed by atoms with Crippen LogP contribution in [0.4, 0.5) is 0 Å². The van der Waals surface area contributed by atoms with Gasteiger partial charge < -0.3 is 14.7 Å². The Morgan fingerprint density at radius 3 is 2.62 bits per heavy atom. The number of nitrogens with zero attached hydrogens (tertiary/aromatic N) is 1. The van der Waals surface area contributed by atoms with E-state index in [1.54, 1.807) is 11.9 Å². The summed E-state index contributed by atoms with van der Waals surface area (Å²) in [5.74, 6) is -0.0107. The molecule has 1 saturated carbocycles. The van der Waals surface area contributed by atoms with Crippen molar-refractivity contribution < 1.29 is 14.6 Å². The minimum atomic E-state index is -0.334. The van der Waals surface area contributed by atoms with Gasteiger partial charge >= 0.3 is 0 Å². The summed E-state index contributed by atoms with van der Waals surface area (Å²) in [7, 11) is 1.71. The van der Waals surface area contributed by atoms with Crippen LogP contribution >= 0.6 is 0 Å². The van der Waals surface area contributed by atoms with Gasteiger partial charge in [-0.15, -0.1) is 0 Å². The molecule has 4 heteroatoms. The zero-order chi connectivity index (χ0) is 12.0. The molecule has 0 spiro atoms. The number of rotatable bonds is 6. The molecule has 1 N–H and O–H groups in total. The Morgan fingerprint density at radius 2 is 2.12 bits per heavy atom. The highest BCUT2D eigenvalue weighted by Gasteiger charge is 2.26. The van der Waals surface area contributed by atoms with Crippen LogP contribution in [0, 0.1) is 0 Å². The molecule has 1 fully saturated rings. The summed E-state index contributed by atoms with van der Waals surface area (Å²) >= 11 is 0. The zero-order valence-corrected chi connectivity index (χ0v) is 10.3. The van der Waals surface area contributed by atoms with Gasteiger partial charge in [-0.2, -0.15) is 0 Å². The Morgan fingerprint density at radius 1 is 1.50 bits per heavy atom. The standard InChI is InChI=1S/C12H23NO3/c1-3-11(12(15)13(2)8-9-14)16-10-6-4-5-7-10/h10-11,14H,3-9H2,1-2H3. The average Bonchev–Trinajstić information content (AvgIpc) is 2.78. The summed E-state index contributed by atoms with van der Waals surface area (Å²) < 4.78 is 5.82. The van der Waals surface area contributed by atoms with E-state index >= 15 is 0 Å². The van der Waals surface area contributed by atoms with E-state index in [0.717, 1.165) is 12.8 Å². The van der Waals surface area contributed by atoms with Crippen molar-refractivity contribution in [3.8, 4) is 0 Å². The van der Waals surface area contributed by atoms with E-state index in [4.69, 9.17) is 9.84 Å². The maximum Gasteiger partial charge on any atom is 0.251 e. The van der Waals surface area contributed by atoms with E-state index in [9.17, 15) is 4.79 Å². The van der Waals surface area contributed by atoms with Gasteiger partial charge in [0.15, 0.2) is 0 Å². The van der Waals surface area contributed by atoms with E-state index in [1.165, 1.54) is 12.8 Å². The van der Waals surface area contributed by atoms with Crippen molar-refractivity contribution in [1.29, 1.82) is 0 Å². The molecule has 1 rings (SSSR count). The number of carbonyl (C=O) groups excluding carboxylic acids is 1. The predicted molar refractivity (Wildman–Crippen MR) is 62.1 cm³/mol. The zero-order valence-electron chi connectivity index (χ0n) is 10.3. The second kappa shape index (κ2) is 6.86. The number of carbonyl (C=O) groups is 1. The molecular formula is C12H23NO3. The molecule has 1 aliphatic rings. The lowest BCUT2D eigenvalue weighted by atomic mass is 10.2. The topological polar surface area (TPSA) is 49.8 Å². The normalized spacial score (nSPS) is 18.7. The molecule has 0 aromatic carbocycles. The SMILES string of the molecule is CCC(OC1CCCC1)C(=O)N(C)CCO. The smallest absolute Gasteiger partial charge is 0.251 e. The van der Waals surface area contributed by atoms with Crippen molar-refractivity contribution in [3.05, 3.63) is 0 Å². The lowest BCUT2D eigenvalue weighted by Crippen LogP contribution is -2.40. The van der Waals surface area contributed by atoms with Gasteiger partial charge in [0, 0.05) is 13.6 Å². The summed E-state index contributed by atoms with van der Waals surface area (Å²) in [5, 5.41) is 8.79. The van der Waals surface area contributed by atoms with E-state index in [0.29, 0.717) is 13.0 Å². The maximum atomic E-state index is 11.9. The maximum absolute atomic E-state index is 11.9. The van der Waals surface area contributed by atoms with E-state index in [1.807, 2.05) is 6.92 Å². The van der Waals surface area contributed by atoms with Crippen LogP contribution in [-0.4, -0.2) is 48.3 Å². The quantitative estimate of drug-likeness (QED) is 0.744. The van der Waals surface area contributed by atoms with Crippen LogP contribution < -0.4 is 0 Å². The number of ether oxygens (including phenoxy) is 1. The van der Waals surface area contributed by atoms with Crippen molar-refractivity contribution in [1.82, 2.24) is 4.90 Å². The fourth-order valence-corrected chi connectivity index (χ4v) is 2.09. The van der Waals surface area contributed by atoms with Crippen molar-refractivity contribution >= 4 is 5.91 Å². The molecule has 0 aromatic rings. The molecule has 16 heavy (non-hydrogen) atoms. The molecule has 1 atom stereocenters. The summed E-state index contributed by atoms with van der Waals surface area (Å²) in [4.78, 5) is 13.5. The number of amides is 1. The largest absolute Gasteiger partial charge is 0.395 e. The van der Waals surface area contributed by atoms with E-state index in [2.05, 4.69) is 0 Å². The van der Waals surface area contributed by atoms with Crippen LogP contribution in [0.2, 0.25) is 0 Å². The Balaban J connectivity index is 2.42. The van der Waals surface area contributed by atoms with E-state index < -0.39 is 0 Å². The predicted octanol–water partition coefficient (Wildman–Crippen LogP) is 1.17. The van der Waals surface area contributed by atoms with Gasteiger partial charge in [-0.25, -0.2) is 0 Å². The first kappa shape index (κ1) is 13.5. The molecule has 0 radical (unpaired) electrons. The number of hydrogen-bond acceptors (Lipinski definition) is 3. The monoisotopic (exact) mass is 229 g/mol. The average molecular weight is 229 g/mol. The van der Waals surface area contributed by atoms with Crippen LogP contribution in [0.1, 0.15) is 39.0 Å². The van der Waals surface area contributed by atoms with Gasteiger partial charge in [0.2, 0.25) is 0 Å². The molecule has 1 amide bonds. The second-order valence-corrected chi connectivity index (χ2v) is 4.42. The Hall–Kier alpha value is -0.610. The molecule has 0 aliphatic heterocycles. The molecule has 0 aromatic heterocycles. The lowest BCUT2D eigenvalue weighted by molar-refractivity contribution is -0.146. The summed E-state index contributed by atoms with van der Waals surface area (Å²) in [6.45, 7) is 2.34. The van der Waals surface area contributed by atoms with Gasteiger partial charge in [-0.3, -0.25) is 4.79 Å². The van der Waals surface area contributed by atoms with Crippen LogP contribution in [0.3, 0.4) is 0 Å². The first-order chi connectivity index (χ1) is 7.69. The summed E-state index contributed by atoms with van der Waals surface area (Å²) in [6.07, 6.45) is 5.20. The number of aliphatic hydroxyl groups is 1. The van der Waals surface area contributed by atoms with Crippen molar-refractivity contribution in [2.24, 2.45) is 0 Å². The third-order valence-electron chi connectivity index (χ3n) is 3.12. The third kappa shape index (κ3) is 3.76. The van der Waals surface area contributed by atoms with Gasteiger partial charge in [0.1, 0.15) is 6.10 Å². The molecule has 0 bridgehead atoms. The molecular weight excluding hydrogens is 206 g/mol. The van der Waals surface area contributed by atoms with Crippen molar-refractivity contribution in [2.75, 3.05) is 20.2 Å². The highest BCUT2D eigenvalue weighted by Crippen LogP contribution is 2.23. The van der Waals surface area contributed by atoms with Crippen LogP contribution in [0.5, 0.6) is 0 Å². The van der Waals surface area contributed by atoms with Crippen LogP contribution in [-0.2, 0) is 9.53 Å².